The predicted octanol–water partition coefficient (Wildman–Crippen LogP) is 4.02. The van der Waals surface area contributed by atoms with E-state index in [9.17, 15) is 0 Å². The summed E-state index contributed by atoms with van der Waals surface area (Å²) in [4.78, 5) is 8.98. The summed E-state index contributed by atoms with van der Waals surface area (Å²) in [7, 11) is 3.29. The van der Waals surface area contributed by atoms with E-state index in [4.69, 9.17) is 13.9 Å². The van der Waals surface area contributed by atoms with E-state index in [-0.39, 0.29) is 10.8 Å². The molecule has 0 unspecified atom stereocenters. The third-order valence-electron chi connectivity index (χ3n) is 4.87. The lowest BCUT2D eigenvalue weighted by atomic mass is 9.84. The van der Waals surface area contributed by atoms with Crippen molar-refractivity contribution in [1.82, 2.24) is 15.6 Å². The van der Waals surface area contributed by atoms with Crippen LogP contribution in [0.2, 0.25) is 0 Å². The minimum Gasteiger partial charge on any atom is -0.493 e. The number of hydrogen-bond donors (Lipinski definition) is 2. The summed E-state index contributed by atoms with van der Waals surface area (Å²) in [5.74, 6) is 3.64. The fourth-order valence-corrected chi connectivity index (χ4v) is 2.88. The molecule has 0 aliphatic heterocycles. The lowest BCUT2D eigenvalue weighted by molar-refractivity contribution is 0.353. The average molecular weight is 417 g/mol. The Morgan fingerprint density at radius 2 is 1.77 bits per heavy atom. The summed E-state index contributed by atoms with van der Waals surface area (Å²) in [5.41, 5.74) is 0.921. The highest BCUT2D eigenvalue weighted by Gasteiger charge is 2.23. The third-order valence-corrected chi connectivity index (χ3v) is 4.87. The van der Waals surface area contributed by atoms with E-state index in [1.54, 1.807) is 20.4 Å². The Labute approximate surface area is 180 Å². The first kappa shape index (κ1) is 23.6. The van der Waals surface area contributed by atoms with Crippen LogP contribution in [0.15, 0.2) is 33.8 Å². The van der Waals surface area contributed by atoms with E-state index in [0.29, 0.717) is 19.0 Å². The molecule has 1 aromatic heterocycles. The SMILES string of the molecule is CCNC(=NCc1ncc(C(C)(C)C)o1)NCC(C)(C)c1ccc(OC)c(OC)c1. The number of nitrogens with zero attached hydrogens (tertiary/aromatic N) is 2. The number of rotatable bonds is 8. The molecule has 0 aliphatic rings. The molecule has 2 rings (SSSR count). The molecule has 0 amide bonds. The molecule has 0 saturated carbocycles. The topological polar surface area (TPSA) is 80.9 Å². The van der Waals surface area contributed by atoms with Crippen LogP contribution in [0.5, 0.6) is 11.5 Å². The molecule has 0 atom stereocenters. The second-order valence-corrected chi connectivity index (χ2v) is 8.87. The number of methoxy groups -OCH3 is 2. The number of benzene rings is 1. The fourth-order valence-electron chi connectivity index (χ4n) is 2.88. The van der Waals surface area contributed by atoms with Gasteiger partial charge in [-0.25, -0.2) is 9.98 Å². The number of ether oxygens (including phenoxy) is 2. The molecule has 0 spiro atoms. The molecule has 7 heteroatoms. The molecule has 2 N–H and O–H groups in total. The molecule has 1 aromatic carbocycles. The van der Waals surface area contributed by atoms with Crippen LogP contribution in [0.4, 0.5) is 0 Å². The molecule has 2 aromatic rings. The highest BCUT2D eigenvalue weighted by atomic mass is 16.5. The van der Waals surface area contributed by atoms with E-state index >= 15 is 0 Å². The van der Waals surface area contributed by atoms with Gasteiger partial charge in [-0.05, 0) is 24.6 Å². The number of nitrogens with one attached hydrogen (secondary N) is 2. The van der Waals surface area contributed by atoms with Gasteiger partial charge >= 0.3 is 0 Å². The first-order valence-corrected chi connectivity index (χ1v) is 10.3. The molecule has 0 aliphatic carbocycles. The third kappa shape index (κ3) is 6.15. The van der Waals surface area contributed by atoms with Crippen molar-refractivity contribution >= 4 is 5.96 Å². The summed E-state index contributed by atoms with van der Waals surface area (Å²) < 4.78 is 16.6. The molecule has 30 heavy (non-hydrogen) atoms. The van der Waals surface area contributed by atoms with Crippen molar-refractivity contribution in [2.45, 2.75) is 58.9 Å². The quantitative estimate of drug-likeness (QED) is 0.500. The molecule has 0 fully saturated rings. The van der Waals surface area contributed by atoms with Crippen LogP contribution in [0.25, 0.3) is 0 Å². The van der Waals surface area contributed by atoms with Crippen LogP contribution in [-0.4, -0.2) is 38.3 Å². The van der Waals surface area contributed by atoms with Gasteiger partial charge in [-0.1, -0.05) is 40.7 Å². The van der Waals surface area contributed by atoms with Crippen molar-refractivity contribution in [3.63, 3.8) is 0 Å². The molecular formula is C23H36N4O3. The van der Waals surface area contributed by atoms with Crippen molar-refractivity contribution in [1.29, 1.82) is 0 Å². The fraction of sp³-hybridized carbons (Fsp3) is 0.565. The summed E-state index contributed by atoms with van der Waals surface area (Å²) in [6.45, 7) is 14.5. The lowest BCUT2D eigenvalue weighted by Crippen LogP contribution is -2.43. The summed E-state index contributed by atoms with van der Waals surface area (Å²) in [5, 5.41) is 6.71. The van der Waals surface area contributed by atoms with E-state index < -0.39 is 0 Å². The Bertz CT molecular complexity index is 850. The van der Waals surface area contributed by atoms with Crippen molar-refractivity contribution in [3.8, 4) is 11.5 Å². The van der Waals surface area contributed by atoms with Crippen LogP contribution in [0.3, 0.4) is 0 Å². The Balaban J connectivity index is 2.09. The minimum atomic E-state index is -0.155. The summed E-state index contributed by atoms with van der Waals surface area (Å²) >= 11 is 0. The Morgan fingerprint density at radius 3 is 2.33 bits per heavy atom. The standard InChI is InChI=1S/C23H36N4O3/c1-9-24-21(26-14-20-25-13-19(30-20)22(2,3)4)27-15-23(5,6)16-10-11-17(28-7)18(12-16)29-8/h10-13H,9,14-15H2,1-8H3,(H2,24,26,27). The van der Waals surface area contributed by atoms with E-state index in [1.165, 1.54) is 0 Å². The number of aliphatic imine (C=N–C) groups is 1. The van der Waals surface area contributed by atoms with Gasteiger partial charge in [0, 0.05) is 23.9 Å². The number of oxazole rings is 1. The maximum absolute atomic E-state index is 5.84. The van der Waals surface area contributed by atoms with Gasteiger partial charge in [0.1, 0.15) is 12.3 Å². The number of hydrogen-bond acceptors (Lipinski definition) is 5. The van der Waals surface area contributed by atoms with Crippen molar-refractivity contribution in [3.05, 3.63) is 41.6 Å². The Hall–Kier alpha value is -2.70. The van der Waals surface area contributed by atoms with Gasteiger partial charge in [0.2, 0.25) is 5.89 Å². The molecule has 1 heterocycles. The second-order valence-electron chi connectivity index (χ2n) is 8.87. The van der Waals surface area contributed by atoms with Gasteiger partial charge < -0.3 is 24.5 Å². The van der Waals surface area contributed by atoms with E-state index in [0.717, 1.165) is 35.3 Å². The monoisotopic (exact) mass is 416 g/mol. The van der Waals surface area contributed by atoms with Crippen molar-refractivity contribution < 1.29 is 13.9 Å². The molecule has 166 valence electrons. The van der Waals surface area contributed by atoms with Gasteiger partial charge in [-0.2, -0.15) is 0 Å². The van der Waals surface area contributed by atoms with Gasteiger partial charge in [0.05, 0.1) is 20.4 Å². The van der Waals surface area contributed by atoms with Crippen molar-refractivity contribution in [2.75, 3.05) is 27.3 Å². The van der Waals surface area contributed by atoms with Gasteiger partial charge in [-0.15, -0.1) is 0 Å². The number of guanidine groups is 1. The maximum atomic E-state index is 5.84. The summed E-state index contributed by atoms with van der Waals surface area (Å²) in [6, 6.07) is 6.02. The first-order valence-electron chi connectivity index (χ1n) is 10.3. The zero-order chi connectivity index (χ0) is 22.4. The van der Waals surface area contributed by atoms with Crippen LogP contribution in [-0.2, 0) is 17.4 Å². The van der Waals surface area contributed by atoms with Crippen LogP contribution >= 0.6 is 0 Å². The minimum absolute atomic E-state index is 0.0683. The van der Waals surface area contributed by atoms with Crippen LogP contribution < -0.4 is 20.1 Å². The molecule has 0 saturated heterocycles. The van der Waals surface area contributed by atoms with E-state index in [2.05, 4.69) is 61.3 Å². The average Bonchev–Trinajstić information content (AvgIpc) is 3.19. The molecular weight excluding hydrogens is 380 g/mol. The highest BCUT2D eigenvalue weighted by molar-refractivity contribution is 5.79. The molecule has 0 bridgehead atoms. The van der Waals surface area contributed by atoms with Crippen LogP contribution in [0.1, 0.15) is 58.8 Å². The van der Waals surface area contributed by atoms with Gasteiger partial charge in [-0.3, -0.25) is 0 Å². The largest absolute Gasteiger partial charge is 0.493 e. The van der Waals surface area contributed by atoms with E-state index in [1.807, 2.05) is 19.1 Å². The van der Waals surface area contributed by atoms with Gasteiger partial charge in [0.25, 0.3) is 0 Å². The van der Waals surface area contributed by atoms with Crippen LogP contribution in [0, 0.1) is 0 Å². The lowest BCUT2D eigenvalue weighted by Gasteiger charge is -2.27. The number of aromatic nitrogens is 1. The predicted molar refractivity (Wildman–Crippen MR) is 121 cm³/mol. The first-order chi connectivity index (χ1) is 14.1. The van der Waals surface area contributed by atoms with Gasteiger partial charge in [0.15, 0.2) is 17.5 Å². The highest BCUT2D eigenvalue weighted by Crippen LogP contribution is 2.32. The second kappa shape index (κ2) is 9.87. The Morgan fingerprint density at radius 1 is 1.07 bits per heavy atom. The normalized spacial score (nSPS) is 12.6. The van der Waals surface area contributed by atoms with Crippen molar-refractivity contribution in [2.24, 2.45) is 4.99 Å². The Kier molecular flexibility index (Phi) is 7.76. The zero-order valence-electron chi connectivity index (χ0n) is 19.5. The smallest absolute Gasteiger partial charge is 0.216 e. The molecule has 0 radical (unpaired) electrons. The molecule has 7 nitrogen and oxygen atoms in total. The maximum Gasteiger partial charge on any atom is 0.216 e. The summed E-state index contributed by atoms with van der Waals surface area (Å²) in [6.07, 6.45) is 1.78. The zero-order valence-corrected chi connectivity index (χ0v) is 19.5.